The number of anilines is 2. The summed E-state index contributed by atoms with van der Waals surface area (Å²) in [6.45, 7) is 3.66. The number of benzene rings is 1. The Morgan fingerprint density at radius 1 is 1.30 bits per heavy atom. The third-order valence-electron chi connectivity index (χ3n) is 2.98. The largest absolute Gasteiger partial charge is 0.495 e. The third-order valence-corrected chi connectivity index (χ3v) is 3.29. The number of nitrogens with one attached hydrogen (secondary N) is 1. The van der Waals surface area contributed by atoms with Gasteiger partial charge in [-0.3, -0.25) is 0 Å². The molecule has 0 radical (unpaired) electrons. The summed E-state index contributed by atoms with van der Waals surface area (Å²) < 4.78 is 5.15. The maximum absolute atomic E-state index is 9.24. The summed E-state index contributed by atoms with van der Waals surface area (Å²) in [5, 5.41) is 20.9. The fourth-order valence-corrected chi connectivity index (χ4v) is 1.90. The summed E-state index contributed by atoms with van der Waals surface area (Å²) in [5.41, 5.74) is 2.75. The van der Waals surface area contributed by atoms with E-state index in [-0.39, 0.29) is 0 Å². The molecule has 0 saturated heterocycles. The first-order chi connectivity index (χ1) is 9.56. The number of ether oxygens (including phenoxy) is 1. The number of hydrogen-bond acceptors (Lipinski definition) is 5. The Hall–Kier alpha value is -2.32. The van der Waals surface area contributed by atoms with E-state index < -0.39 is 0 Å². The minimum Gasteiger partial charge on any atom is -0.495 e. The number of nitrogens with zero attached hydrogens (tertiary/aromatic N) is 3. The highest BCUT2D eigenvalue weighted by molar-refractivity contribution is 6.32. The molecule has 0 fully saturated rings. The van der Waals surface area contributed by atoms with Crippen LogP contribution in [0.25, 0.3) is 0 Å². The maximum atomic E-state index is 9.24. The number of aryl methyl sites for hydroxylation is 1. The van der Waals surface area contributed by atoms with Crippen molar-refractivity contribution in [1.29, 1.82) is 5.26 Å². The van der Waals surface area contributed by atoms with Crippen LogP contribution in [0.3, 0.4) is 0 Å². The van der Waals surface area contributed by atoms with Crippen LogP contribution in [0.1, 0.15) is 16.8 Å². The first-order valence-corrected chi connectivity index (χ1v) is 6.29. The molecule has 0 unspecified atom stereocenters. The SMILES string of the molecule is COc1cc(Nc2nnc(C)c(C)c2C#N)ccc1Cl. The van der Waals surface area contributed by atoms with Crippen molar-refractivity contribution < 1.29 is 4.74 Å². The smallest absolute Gasteiger partial charge is 0.171 e. The van der Waals surface area contributed by atoms with Crippen LogP contribution in [-0.4, -0.2) is 17.3 Å². The van der Waals surface area contributed by atoms with Crippen molar-refractivity contribution in [3.05, 3.63) is 40.0 Å². The van der Waals surface area contributed by atoms with Gasteiger partial charge in [-0.15, -0.1) is 5.10 Å². The van der Waals surface area contributed by atoms with Crippen LogP contribution in [0.2, 0.25) is 5.02 Å². The average molecular weight is 289 g/mol. The van der Waals surface area contributed by atoms with Gasteiger partial charge >= 0.3 is 0 Å². The molecule has 0 amide bonds. The minimum atomic E-state index is 0.417. The van der Waals surface area contributed by atoms with Gasteiger partial charge in [0, 0.05) is 11.8 Å². The van der Waals surface area contributed by atoms with E-state index in [4.69, 9.17) is 16.3 Å². The minimum absolute atomic E-state index is 0.417. The zero-order valence-electron chi connectivity index (χ0n) is 11.4. The fraction of sp³-hybridized carbons (Fsp3) is 0.214. The molecule has 102 valence electrons. The van der Waals surface area contributed by atoms with Gasteiger partial charge in [-0.1, -0.05) is 11.6 Å². The Labute approximate surface area is 122 Å². The van der Waals surface area contributed by atoms with Crippen LogP contribution in [0.4, 0.5) is 11.5 Å². The van der Waals surface area contributed by atoms with Crippen molar-refractivity contribution in [2.24, 2.45) is 0 Å². The van der Waals surface area contributed by atoms with Crippen LogP contribution in [0, 0.1) is 25.2 Å². The molecule has 6 heteroatoms. The van der Waals surface area contributed by atoms with Crippen LogP contribution in [-0.2, 0) is 0 Å². The molecule has 0 atom stereocenters. The summed E-state index contributed by atoms with van der Waals surface area (Å²) in [4.78, 5) is 0. The Morgan fingerprint density at radius 2 is 2.05 bits per heavy atom. The standard InChI is InChI=1S/C14H13ClN4O/c1-8-9(2)18-19-14(11(8)7-16)17-10-4-5-12(15)13(6-10)20-3/h4-6H,1-3H3,(H,17,19). The first-order valence-electron chi connectivity index (χ1n) is 5.91. The lowest BCUT2D eigenvalue weighted by molar-refractivity contribution is 0.415. The lowest BCUT2D eigenvalue weighted by Gasteiger charge is -2.11. The summed E-state index contributed by atoms with van der Waals surface area (Å²) in [6.07, 6.45) is 0. The molecule has 0 aliphatic rings. The second-order valence-electron chi connectivity index (χ2n) is 4.22. The van der Waals surface area contributed by atoms with Gasteiger partial charge in [-0.25, -0.2) is 0 Å². The fourth-order valence-electron chi connectivity index (χ4n) is 1.71. The van der Waals surface area contributed by atoms with Gasteiger partial charge in [0.2, 0.25) is 0 Å². The van der Waals surface area contributed by atoms with Crippen molar-refractivity contribution >= 4 is 23.1 Å². The zero-order chi connectivity index (χ0) is 14.7. The predicted molar refractivity (Wildman–Crippen MR) is 77.5 cm³/mol. The van der Waals surface area contributed by atoms with E-state index in [0.717, 1.165) is 16.9 Å². The predicted octanol–water partition coefficient (Wildman–Crippen LogP) is 3.37. The number of aromatic nitrogens is 2. The molecule has 0 spiro atoms. The number of hydrogen-bond donors (Lipinski definition) is 1. The number of methoxy groups -OCH3 is 1. The number of halogens is 1. The molecule has 0 saturated carbocycles. The van der Waals surface area contributed by atoms with Gasteiger partial charge in [-0.2, -0.15) is 10.4 Å². The summed E-state index contributed by atoms with van der Waals surface area (Å²) in [7, 11) is 1.54. The van der Waals surface area contributed by atoms with Crippen molar-refractivity contribution in [2.75, 3.05) is 12.4 Å². The van der Waals surface area contributed by atoms with E-state index in [9.17, 15) is 5.26 Å². The topological polar surface area (TPSA) is 70.8 Å². The van der Waals surface area contributed by atoms with E-state index in [0.29, 0.717) is 22.2 Å². The molecule has 2 aromatic rings. The summed E-state index contributed by atoms with van der Waals surface area (Å²) in [6, 6.07) is 7.37. The molecule has 0 aliphatic heterocycles. The molecule has 5 nitrogen and oxygen atoms in total. The molecular formula is C14H13ClN4O. The van der Waals surface area contributed by atoms with Crippen molar-refractivity contribution in [3.63, 3.8) is 0 Å². The van der Waals surface area contributed by atoms with Crippen molar-refractivity contribution in [2.45, 2.75) is 13.8 Å². The van der Waals surface area contributed by atoms with E-state index in [1.165, 1.54) is 0 Å². The highest BCUT2D eigenvalue weighted by Crippen LogP contribution is 2.29. The van der Waals surface area contributed by atoms with Crippen LogP contribution < -0.4 is 10.1 Å². The van der Waals surface area contributed by atoms with Gasteiger partial charge < -0.3 is 10.1 Å². The third kappa shape index (κ3) is 2.65. The molecular weight excluding hydrogens is 276 g/mol. The van der Waals surface area contributed by atoms with Gasteiger partial charge in [0.1, 0.15) is 17.4 Å². The van der Waals surface area contributed by atoms with E-state index >= 15 is 0 Å². The molecule has 1 heterocycles. The van der Waals surface area contributed by atoms with E-state index in [1.54, 1.807) is 25.3 Å². The molecule has 1 N–H and O–H groups in total. The lowest BCUT2D eigenvalue weighted by atomic mass is 10.1. The number of rotatable bonds is 3. The Bertz CT molecular complexity index is 694. The second-order valence-corrected chi connectivity index (χ2v) is 4.63. The molecule has 0 aliphatic carbocycles. The van der Waals surface area contributed by atoms with Crippen LogP contribution >= 0.6 is 11.6 Å². The van der Waals surface area contributed by atoms with Crippen LogP contribution in [0.15, 0.2) is 18.2 Å². The molecule has 1 aromatic carbocycles. The second kappa shape index (κ2) is 5.76. The quantitative estimate of drug-likeness (QED) is 0.937. The van der Waals surface area contributed by atoms with Gasteiger partial charge in [0.15, 0.2) is 5.82 Å². The monoisotopic (exact) mass is 288 g/mol. The molecule has 2 rings (SSSR count). The molecule has 20 heavy (non-hydrogen) atoms. The van der Waals surface area contributed by atoms with Crippen molar-refractivity contribution in [3.8, 4) is 11.8 Å². The summed E-state index contributed by atoms with van der Waals surface area (Å²) >= 11 is 5.97. The van der Waals surface area contributed by atoms with Gasteiger partial charge in [0.05, 0.1) is 17.8 Å². The lowest BCUT2D eigenvalue weighted by Crippen LogP contribution is -2.03. The van der Waals surface area contributed by atoms with E-state index in [2.05, 4.69) is 21.6 Å². The van der Waals surface area contributed by atoms with Crippen molar-refractivity contribution in [1.82, 2.24) is 10.2 Å². The van der Waals surface area contributed by atoms with Gasteiger partial charge in [0.25, 0.3) is 0 Å². The highest BCUT2D eigenvalue weighted by atomic mass is 35.5. The first kappa shape index (κ1) is 14.1. The molecule has 0 bridgehead atoms. The Balaban J connectivity index is 2.41. The number of nitriles is 1. The Morgan fingerprint density at radius 3 is 2.70 bits per heavy atom. The van der Waals surface area contributed by atoms with E-state index in [1.807, 2.05) is 13.8 Å². The average Bonchev–Trinajstić information content (AvgIpc) is 2.45. The van der Waals surface area contributed by atoms with Gasteiger partial charge in [-0.05, 0) is 31.5 Å². The van der Waals surface area contributed by atoms with Crippen LogP contribution in [0.5, 0.6) is 5.75 Å². The zero-order valence-corrected chi connectivity index (χ0v) is 12.1. The normalized spacial score (nSPS) is 9.95. The molecule has 1 aromatic heterocycles. The Kier molecular flexibility index (Phi) is 4.06. The highest BCUT2D eigenvalue weighted by Gasteiger charge is 2.11. The maximum Gasteiger partial charge on any atom is 0.171 e. The summed E-state index contributed by atoms with van der Waals surface area (Å²) in [5.74, 6) is 0.965.